The van der Waals surface area contributed by atoms with Gasteiger partial charge in [0.25, 0.3) is 0 Å². The second-order valence-corrected chi connectivity index (χ2v) is 5.71. The van der Waals surface area contributed by atoms with Crippen LogP contribution in [0.25, 0.3) is 0 Å². The molecule has 1 aliphatic heterocycles. The summed E-state index contributed by atoms with van der Waals surface area (Å²) in [5.74, 6) is 0.111. The molecule has 1 saturated heterocycles. The zero-order valence-electron chi connectivity index (χ0n) is 12.0. The summed E-state index contributed by atoms with van der Waals surface area (Å²) in [5, 5.41) is 0. The highest BCUT2D eigenvalue weighted by Crippen LogP contribution is 2.33. The summed E-state index contributed by atoms with van der Waals surface area (Å²) in [6.45, 7) is 2.82. The molecule has 3 heteroatoms. The summed E-state index contributed by atoms with van der Waals surface area (Å²) in [4.78, 5) is 25.9. The number of hydrogen-bond donors (Lipinski definition) is 0. The van der Waals surface area contributed by atoms with Gasteiger partial charge in [0.2, 0.25) is 11.8 Å². The normalized spacial score (nSPS) is 26.2. The molecule has 0 spiro atoms. The Kier molecular flexibility index (Phi) is 5.17. The highest BCUT2D eigenvalue weighted by Gasteiger charge is 2.34. The monoisotopic (exact) mass is 263 g/mol. The predicted molar refractivity (Wildman–Crippen MR) is 75.5 cm³/mol. The average Bonchev–Trinajstić information content (AvgIpc) is 2.87. The summed E-state index contributed by atoms with van der Waals surface area (Å²) in [6, 6.07) is 0. The molecular formula is C16H25NO2. The first-order valence-electron chi connectivity index (χ1n) is 7.77. The van der Waals surface area contributed by atoms with Crippen molar-refractivity contribution in [2.24, 2.45) is 5.92 Å². The van der Waals surface area contributed by atoms with Crippen molar-refractivity contribution in [2.45, 2.75) is 64.7 Å². The minimum absolute atomic E-state index is 0.00101. The van der Waals surface area contributed by atoms with Gasteiger partial charge >= 0.3 is 0 Å². The summed E-state index contributed by atoms with van der Waals surface area (Å²) >= 11 is 0. The fourth-order valence-electron chi connectivity index (χ4n) is 3.11. The van der Waals surface area contributed by atoms with Crippen LogP contribution < -0.4 is 0 Å². The third-order valence-electron chi connectivity index (χ3n) is 4.26. The van der Waals surface area contributed by atoms with E-state index in [2.05, 4.69) is 13.0 Å². The van der Waals surface area contributed by atoms with Gasteiger partial charge in [-0.2, -0.15) is 0 Å². The molecule has 0 bridgehead atoms. The molecule has 1 saturated carbocycles. The van der Waals surface area contributed by atoms with Gasteiger partial charge in [-0.05, 0) is 38.5 Å². The third-order valence-corrected chi connectivity index (χ3v) is 4.26. The maximum atomic E-state index is 12.5. The molecule has 0 aromatic carbocycles. The Bertz CT molecular complexity index is 373. The quantitative estimate of drug-likeness (QED) is 0.442. The zero-order chi connectivity index (χ0) is 13.7. The van der Waals surface area contributed by atoms with Crippen molar-refractivity contribution in [1.82, 2.24) is 4.90 Å². The Labute approximate surface area is 116 Å². The number of unbranched alkanes of at least 4 members (excludes halogenated alkanes) is 2. The van der Waals surface area contributed by atoms with Crippen LogP contribution in [0, 0.1) is 5.92 Å². The summed E-state index contributed by atoms with van der Waals surface area (Å²) in [6.07, 6.45) is 11.2. The number of imide groups is 1. The summed E-state index contributed by atoms with van der Waals surface area (Å²) in [5.41, 5.74) is 1.29. The van der Waals surface area contributed by atoms with Crippen LogP contribution in [0.2, 0.25) is 0 Å². The Morgan fingerprint density at radius 3 is 2.89 bits per heavy atom. The average molecular weight is 263 g/mol. The van der Waals surface area contributed by atoms with E-state index in [1.54, 1.807) is 0 Å². The number of carbonyl (C=O) groups excluding carboxylic acids is 2. The van der Waals surface area contributed by atoms with Gasteiger partial charge in [-0.25, -0.2) is 0 Å². The summed E-state index contributed by atoms with van der Waals surface area (Å²) in [7, 11) is 0. The number of piperidine rings is 1. The van der Waals surface area contributed by atoms with Crippen LogP contribution in [0.5, 0.6) is 0 Å². The van der Waals surface area contributed by atoms with Gasteiger partial charge in [-0.15, -0.1) is 0 Å². The lowest BCUT2D eigenvalue weighted by Crippen LogP contribution is -2.43. The number of carbonyl (C=O) groups is 2. The van der Waals surface area contributed by atoms with Crippen molar-refractivity contribution in [3.05, 3.63) is 11.6 Å². The Morgan fingerprint density at radius 1 is 1.32 bits per heavy atom. The molecule has 2 aliphatic rings. The van der Waals surface area contributed by atoms with E-state index < -0.39 is 0 Å². The lowest BCUT2D eigenvalue weighted by atomic mass is 9.98. The summed E-state index contributed by atoms with van der Waals surface area (Å²) < 4.78 is 0. The smallest absolute Gasteiger partial charge is 0.236 e. The van der Waals surface area contributed by atoms with E-state index in [0.29, 0.717) is 13.0 Å². The molecule has 1 atom stereocenters. The first-order valence-corrected chi connectivity index (χ1v) is 7.77. The number of rotatable bonds is 4. The molecule has 1 aliphatic carbocycles. The van der Waals surface area contributed by atoms with Crippen LogP contribution in [-0.2, 0) is 9.59 Å². The Hall–Kier alpha value is -1.12. The maximum absolute atomic E-state index is 12.5. The fraction of sp³-hybridized carbons (Fsp3) is 0.750. The minimum Gasteiger partial charge on any atom is -0.282 e. The molecule has 1 heterocycles. The van der Waals surface area contributed by atoms with Crippen LogP contribution in [0.1, 0.15) is 64.7 Å². The first-order chi connectivity index (χ1) is 9.24. The van der Waals surface area contributed by atoms with Crippen LogP contribution in [-0.4, -0.2) is 23.3 Å². The molecular weight excluding hydrogens is 238 g/mol. The second kappa shape index (κ2) is 6.88. The number of likely N-dealkylation sites (tertiary alicyclic amines) is 1. The van der Waals surface area contributed by atoms with Crippen molar-refractivity contribution in [3.8, 4) is 0 Å². The largest absolute Gasteiger partial charge is 0.282 e. The van der Waals surface area contributed by atoms with Gasteiger partial charge in [0, 0.05) is 13.0 Å². The molecule has 106 valence electrons. The molecule has 3 nitrogen and oxygen atoms in total. The van der Waals surface area contributed by atoms with E-state index in [4.69, 9.17) is 0 Å². The van der Waals surface area contributed by atoms with Crippen LogP contribution in [0.15, 0.2) is 11.6 Å². The van der Waals surface area contributed by atoms with E-state index in [1.165, 1.54) is 23.3 Å². The highest BCUT2D eigenvalue weighted by atomic mass is 16.2. The molecule has 2 rings (SSSR count). The van der Waals surface area contributed by atoms with Gasteiger partial charge < -0.3 is 0 Å². The van der Waals surface area contributed by atoms with Crippen molar-refractivity contribution in [3.63, 3.8) is 0 Å². The van der Waals surface area contributed by atoms with Gasteiger partial charge in [-0.3, -0.25) is 14.5 Å². The van der Waals surface area contributed by atoms with Crippen LogP contribution in [0.3, 0.4) is 0 Å². The van der Waals surface area contributed by atoms with Gasteiger partial charge in [-0.1, -0.05) is 31.4 Å². The lowest BCUT2D eigenvalue weighted by molar-refractivity contribution is -0.148. The molecule has 0 aromatic heterocycles. The molecule has 0 aromatic rings. The van der Waals surface area contributed by atoms with E-state index in [9.17, 15) is 9.59 Å². The number of hydrogen-bond acceptors (Lipinski definition) is 2. The van der Waals surface area contributed by atoms with Gasteiger partial charge in [0.1, 0.15) is 0 Å². The predicted octanol–water partition coefficient (Wildman–Crippen LogP) is 3.44. The minimum atomic E-state index is -0.00101. The number of amides is 2. The lowest BCUT2D eigenvalue weighted by Gasteiger charge is -2.27. The zero-order valence-corrected chi connectivity index (χ0v) is 12.0. The van der Waals surface area contributed by atoms with E-state index in [0.717, 1.165) is 38.5 Å². The van der Waals surface area contributed by atoms with Crippen molar-refractivity contribution in [1.29, 1.82) is 0 Å². The molecule has 2 fully saturated rings. The van der Waals surface area contributed by atoms with Crippen LogP contribution in [0.4, 0.5) is 0 Å². The standard InChI is InChI=1S/C16H25NO2/c1-2-3-4-8-13-9-7-10-14(13)16(19)17-12-6-5-11-15(17)18/h8,14H,2-7,9-12H2,1H3/b13-8-. The Balaban J connectivity index is 2.00. The second-order valence-electron chi connectivity index (χ2n) is 5.71. The topological polar surface area (TPSA) is 37.4 Å². The molecule has 2 amide bonds. The van der Waals surface area contributed by atoms with Crippen molar-refractivity contribution < 1.29 is 9.59 Å². The number of nitrogens with zero attached hydrogens (tertiary/aromatic N) is 1. The number of allylic oxidation sites excluding steroid dienone is 1. The van der Waals surface area contributed by atoms with E-state index in [-0.39, 0.29) is 17.7 Å². The highest BCUT2D eigenvalue weighted by molar-refractivity contribution is 5.98. The van der Waals surface area contributed by atoms with E-state index in [1.807, 2.05) is 0 Å². The maximum Gasteiger partial charge on any atom is 0.236 e. The SMILES string of the molecule is CCCC/C=C1/CCCC1C(=O)N1CCCCC1=O. The molecule has 1 unspecified atom stereocenters. The van der Waals surface area contributed by atoms with E-state index >= 15 is 0 Å². The van der Waals surface area contributed by atoms with Crippen molar-refractivity contribution in [2.75, 3.05) is 6.54 Å². The molecule has 0 N–H and O–H groups in total. The Morgan fingerprint density at radius 2 is 2.16 bits per heavy atom. The molecule has 0 radical (unpaired) electrons. The van der Waals surface area contributed by atoms with Crippen LogP contribution >= 0.6 is 0 Å². The van der Waals surface area contributed by atoms with Gasteiger partial charge in [0.05, 0.1) is 5.92 Å². The molecule has 19 heavy (non-hydrogen) atoms. The first kappa shape index (κ1) is 14.3. The fourth-order valence-corrected chi connectivity index (χ4v) is 3.11. The third kappa shape index (κ3) is 3.46. The van der Waals surface area contributed by atoms with Crippen molar-refractivity contribution >= 4 is 11.8 Å². The van der Waals surface area contributed by atoms with Gasteiger partial charge in [0.15, 0.2) is 0 Å².